The number of carbonyl (C=O) groups excluding carboxylic acids is 1. The normalized spacial score (nSPS) is 28.6. The standard InChI is InChI=1S/C15H25NO3S/c1-15(2,3)14-16(11(9-20-14)13(18)19)12(17)10-7-5-4-6-8-10/h10-11,14H,4-9H2,1-3H3,(H,18,19). The van der Waals surface area contributed by atoms with Crippen molar-refractivity contribution in [3.63, 3.8) is 0 Å². The molecule has 1 saturated heterocycles. The Labute approximate surface area is 125 Å². The highest BCUT2D eigenvalue weighted by Gasteiger charge is 2.47. The Morgan fingerprint density at radius 2 is 1.75 bits per heavy atom. The van der Waals surface area contributed by atoms with E-state index in [0.717, 1.165) is 25.7 Å². The maximum Gasteiger partial charge on any atom is 0.327 e. The molecule has 1 amide bonds. The molecule has 2 fully saturated rings. The van der Waals surface area contributed by atoms with Gasteiger partial charge in [-0.05, 0) is 18.3 Å². The number of carboxylic acid groups (broad SMARTS) is 1. The fourth-order valence-corrected chi connectivity index (χ4v) is 4.77. The third-order valence-corrected chi connectivity index (χ3v) is 5.99. The summed E-state index contributed by atoms with van der Waals surface area (Å²) in [6, 6.07) is -0.654. The summed E-state index contributed by atoms with van der Waals surface area (Å²) in [5.41, 5.74) is -0.0980. The monoisotopic (exact) mass is 299 g/mol. The van der Waals surface area contributed by atoms with Gasteiger partial charge in [0.25, 0.3) is 0 Å². The van der Waals surface area contributed by atoms with Gasteiger partial charge in [0, 0.05) is 11.7 Å². The largest absolute Gasteiger partial charge is 0.480 e. The van der Waals surface area contributed by atoms with Gasteiger partial charge in [0.1, 0.15) is 6.04 Å². The predicted molar refractivity (Wildman–Crippen MR) is 80.5 cm³/mol. The minimum absolute atomic E-state index is 0.0296. The lowest BCUT2D eigenvalue weighted by Crippen LogP contribution is -2.51. The van der Waals surface area contributed by atoms with Gasteiger partial charge in [0.05, 0.1) is 5.37 Å². The second kappa shape index (κ2) is 5.96. The van der Waals surface area contributed by atoms with E-state index >= 15 is 0 Å². The molecule has 0 aromatic rings. The van der Waals surface area contributed by atoms with Crippen LogP contribution in [0.1, 0.15) is 52.9 Å². The second-order valence-corrected chi connectivity index (χ2v) is 8.10. The lowest BCUT2D eigenvalue weighted by Gasteiger charge is -2.38. The van der Waals surface area contributed by atoms with E-state index in [2.05, 4.69) is 20.8 Å². The van der Waals surface area contributed by atoms with Crippen molar-refractivity contribution in [2.24, 2.45) is 11.3 Å². The summed E-state index contributed by atoms with van der Waals surface area (Å²) < 4.78 is 0. The van der Waals surface area contributed by atoms with E-state index in [1.807, 2.05) is 0 Å². The Morgan fingerprint density at radius 3 is 2.25 bits per heavy atom. The number of rotatable bonds is 2. The van der Waals surface area contributed by atoms with Gasteiger partial charge in [-0.15, -0.1) is 11.8 Å². The molecule has 1 aliphatic carbocycles. The Kier molecular flexibility index (Phi) is 4.67. The number of hydrogen-bond acceptors (Lipinski definition) is 3. The van der Waals surface area contributed by atoms with Crippen molar-refractivity contribution >= 4 is 23.6 Å². The highest BCUT2D eigenvalue weighted by molar-refractivity contribution is 8.00. The van der Waals surface area contributed by atoms with Crippen molar-refractivity contribution in [3.8, 4) is 0 Å². The summed E-state index contributed by atoms with van der Waals surface area (Å²) in [6.45, 7) is 6.24. The van der Waals surface area contributed by atoms with Crippen molar-refractivity contribution in [2.45, 2.75) is 64.3 Å². The zero-order valence-corrected chi connectivity index (χ0v) is 13.4. The quantitative estimate of drug-likeness (QED) is 0.851. The molecule has 0 radical (unpaired) electrons. The molecule has 0 bridgehead atoms. The molecule has 1 aliphatic heterocycles. The van der Waals surface area contributed by atoms with E-state index in [0.29, 0.717) is 5.75 Å². The second-order valence-electron chi connectivity index (χ2n) is 6.99. The molecular weight excluding hydrogens is 274 g/mol. The Bertz CT molecular complexity index is 385. The van der Waals surface area contributed by atoms with Gasteiger partial charge in [-0.3, -0.25) is 4.79 Å². The molecule has 1 saturated carbocycles. The van der Waals surface area contributed by atoms with Crippen LogP contribution in [0.15, 0.2) is 0 Å². The van der Waals surface area contributed by atoms with Crippen molar-refractivity contribution in [2.75, 3.05) is 5.75 Å². The minimum atomic E-state index is -0.867. The molecule has 2 atom stereocenters. The third-order valence-electron chi connectivity index (χ3n) is 4.24. The topological polar surface area (TPSA) is 57.6 Å². The van der Waals surface area contributed by atoms with Crippen LogP contribution in [0.25, 0.3) is 0 Å². The number of carboxylic acids is 1. The van der Waals surface area contributed by atoms with Crippen LogP contribution in [0.2, 0.25) is 0 Å². The molecule has 2 rings (SSSR count). The number of hydrogen-bond donors (Lipinski definition) is 1. The minimum Gasteiger partial charge on any atom is -0.480 e. The lowest BCUT2D eigenvalue weighted by atomic mass is 9.87. The van der Waals surface area contributed by atoms with Crippen LogP contribution in [0.3, 0.4) is 0 Å². The van der Waals surface area contributed by atoms with E-state index < -0.39 is 12.0 Å². The molecule has 5 heteroatoms. The summed E-state index contributed by atoms with van der Waals surface area (Å²) >= 11 is 1.61. The average molecular weight is 299 g/mol. The van der Waals surface area contributed by atoms with E-state index in [1.165, 1.54) is 6.42 Å². The van der Waals surface area contributed by atoms with Crippen LogP contribution in [0.4, 0.5) is 0 Å². The maximum atomic E-state index is 12.8. The fraction of sp³-hybridized carbons (Fsp3) is 0.867. The molecule has 0 aromatic carbocycles. The molecule has 1 heterocycles. The maximum absolute atomic E-state index is 12.8. The Balaban J connectivity index is 2.21. The van der Waals surface area contributed by atoms with Crippen LogP contribution in [-0.4, -0.2) is 39.1 Å². The van der Waals surface area contributed by atoms with E-state index in [-0.39, 0.29) is 22.6 Å². The highest BCUT2D eigenvalue weighted by Crippen LogP contribution is 2.42. The van der Waals surface area contributed by atoms with Gasteiger partial charge in [-0.25, -0.2) is 4.79 Å². The van der Waals surface area contributed by atoms with Crippen LogP contribution in [-0.2, 0) is 9.59 Å². The van der Waals surface area contributed by atoms with Crippen molar-refractivity contribution in [1.29, 1.82) is 0 Å². The number of amides is 1. The summed E-state index contributed by atoms with van der Waals surface area (Å²) in [5, 5.41) is 9.38. The van der Waals surface area contributed by atoms with Gasteiger partial charge >= 0.3 is 5.97 Å². The van der Waals surface area contributed by atoms with Crippen molar-refractivity contribution in [1.82, 2.24) is 4.90 Å². The van der Waals surface area contributed by atoms with E-state index in [9.17, 15) is 14.7 Å². The molecule has 0 spiro atoms. The van der Waals surface area contributed by atoms with Gasteiger partial charge in [-0.2, -0.15) is 0 Å². The highest BCUT2D eigenvalue weighted by atomic mass is 32.2. The zero-order valence-electron chi connectivity index (χ0n) is 12.6. The van der Waals surface area contributed by atoms with Crippen LogP contribution < -0.4 is 0 Å². The summed E-state index contributed by atoms with van der Waals surface area (Å²) in [7, 11) is 0. The smallest absolute Gasteiger partial charge is 0.327 e. The first-order valence-electron chi connectivity index (χ1n) is 7.49. The summed E-state index contributed by atoms with van der Waals surface area (Å²) in [6.07, 6.45) is 5.22. The van der Waals surface area contributed by atoms with E-state index in [1.54, 1.807) is 16.7 Å². The average Bonchev–Trinajstić information content (AvgIpc) is 2.83. The summed E-state index contributed by atoms with van der Waals surface area (Å²) in [4.78, 5) is 26.0. The number of nitrogens with zero attached hydrogens (tertiary/aromatic N) is 1. The number of carbonyl (C=O) groups is 2. The number of aliphatic carboxylic acids is 1. The van der Waals surface area contributed by atoms with Gasteiger partial charge < -0.3 is 10.0 Å². The zero-order chi connectivity index (χ0) is 14.9. The van der Waals surface area contributed by atoms with Crippen molar-refractivity contribution < 1.29 is 14.7 Å². The molecule has 0 aromatic heterocycles. The van der Waals surface area contributed by atoms with Gasteiger partial charge in [0.2, 0.25) is 5.91 Å². The molecule has 20 heavy (non-hydrogen) atoms. The Hall–Kier alpha value is -0.710. The molecule has 1 N–H and O–H groups in total. The molecule has 2 unspecified atom stereocenters. The van der Waals surface area contributed by atoms with Gasteiger partial charge in [-0.1, -0.05) is 40.0 Å². The van der Waals surface area contributed by atoms with Crippen LogP contribution in [0, 0.1) is 11.3 Å². The molecule has 114 valence electrons. The fourth-order valence-electron chi connectivity index (χ4n) is 3.19. The van der Waals surface area contributed by atoms with E-state index in [4.69, 9.17) is 0 Å². The Morgan fingerprint density at radius 1 is 1.15 bits per heavy atom. The molecular formula is C15H25NO3S. The third kappa shape index (κ3) is 3.13. The first-order chi connectivity index (χ1) is 9.32. The van der Waals surface area contributed by atoms with Crippen LogP contribution >= 0.6 is 11.8 Å². The first kappa shape index (κ1) is 15.7. The van der Waals surface area contributed by atoms with Crippen LogP contribution in [0.5, 0.6) is 0 Å². The first-order valence-corrected chi connectivity index (χ1v) is 8.54. The van der Waals surface area contributed by atoms with Gasteiger partial charge in [0.15, 0.2) is 0 Å². The lowest BCUT2D eigenvalue weighted by molar-refractivity contribution is -0.152. The summed E-state index contributed by atoms with van der Waals surface area (Å²) in [5.74, 6) is -0.250. The SMILES string of the molecule is CC(C)(C)C1SCC(C(=O)O)N1C(=O)C1CCCCC1. The molecule has 2 aliphatic rings. The molecule has 4 nitrogen and oxygen atoms in total. The van der Waals surface area contributed by atoms with Crippen molar-refractivity contribution in [3.05, 3.63) is 0 Å². The predicted octanol–water partition coefficient (Wildman–Crippen LogP) is 2.97. The number of thioether (sulfide) groups is 1.